The van der Waals surface area contributed by atoms with Crippen LogP contribution in [-0.4, -0.2) is 9.97 Å². The van der Waals surface area contributed by atoms with Crippen molar-refractivity contribution in [1.29, 1.82) is 0 Å². The second kappa shape index (κ2) is 7.17. The first-order valence-electron chi connectivity index (χ1n) is 7.31. The standard InChI is InChI=1S/C17H11ClF4N4/c18-13-6-1-10(17(20,21)22)9-14(13)25-16-23-8-7-15(26-16)24-12-4-2-11(19)3-5-12/h1-9H,(H2,23,24,25,26). The molecule has 0 bridgehead atoms. The Bertz CT molecular complexity index is 913. The molecule has 0 aliphatic heterocycles. The molecule has 134 valence electrons. The Labute approximate surface area is 150 Å². The lowest BCUT2D eigenvalue weighted by Crippen LogP contribution is -2.06. The van der Waals surface area contributed by atoms with E-state index in [1.165, 1.54) is 30.5 Å². The van der Waals surface area contributed by atoms with Crippen LogP contribution in [0.5, 0.6) is 0 Å². The van der Waals surface area contributed by atoms with Crippen molar-refractivity contribution in [3.05, 3.63) is 71.1 Å². The number of halogens is 5. The summed E-state index contributed by atoms with van der Waals surface area (Å²) in [6.07, 6.45) is -3.07. The second-order valence-electron chi connectivity index (χ2n) is 5.21. The van der Waals surface area contributed by atoms with Gasteiger partial charge in [-0.1, -0.05) is 11.6 Å². The molecular weight excluding hydrogens is 372 g/mol. The summed E-state index contributed by atoms with van der Waals surface area (Å²) in [6, 6.07) is 10.1. The summed E-state index contributed by atoms with van der Waals surface area (Å²) in [5.74, 6) is 0.0512. The van der Waals surface area contributed by atoms with Gasteiger partial charge in [0.15, 0.2) is 0 Å². The van der Waals surface area contributed by atoms with Crippen molar-refractivity contribution in [3.63, 3.8) is 0 Å². The smallest absolute Gasteiger partial charge is 0.340 e. The van der Waals surface area contributed by atoms with Crippen molar-refractivity contribution >= 4 is 34.7 Å². The minimum atomic E-state index is -4.49. The van der Waals surface area contributed by atoms with Crippen LogP contribution in [0, 0.1) is 5.82 Å². The Kier molecular flexibility index (Phi) is 4.94. The lowest BCUT2D eigenvalue weighted by molar-refractivity contribution is -0.137. The number of hydrogen-bond donors (Lipinski definition) is 2. The van der Waals surface area contributed by atoms with Gasteiger partial charge in [0.25, 0.3) is 0 Å². The Morgan fingerprint density at radius 2 is 1.65 bits per heavy atom. The van der Waals surface area contributed by atoms with Gasteiger partial charge in [-0.05, 0) is 48.5 Å². The third kappa shape index (κ3) is 4.40. The average molecular weight is 383 g/mol. The van der Waals surface area contributed by atoms with Crippen molar-refractivity contribution < 1.29 is 17.6 Å². The third-order valence-electron chi connectivity index (χ3n) is 3.31. The molecule has 3 aromatic rings. The van der Waals surface area contributed by atoms with Crippen molar-refractivity contribution in [2.45, 2.75) is 6.18 Å². The summed E-state index contributed by atoms with van der Waals surface area (Å²) in [7, 11) is 0. The Balaban J connectivity index is 1.82. The molecule has 4 nitrogen and oxygen atoms in total. The minimum Gasteiger partial charge on any atom is -0.340 e. The largest absolute Gasteiger partial charge is 0.416 e. The number of hydrogen-bond acceptors (Lipinski definition) is 4. The number of benzene rings is 2. The van der Waals surface area contributed by atoms with Crippen molar-refractivity contribution in [3.8, 4) is 0 Å². The van der Waals surface area contributed by atoms with Gasteiger partial charge >= 0.3 is 6.18 Å². The number of nitrogens with zero attached hydrogens (tertiary/aromatic N) is 2. The van der Waals surface area contributed by atoms with Gasteiger partial charge in [-0.2, -0.15) is 18.2 Å². The van der Waals surface area contributed by atoms with Crippen LogP contribution in [0.15, 0.2) is 54.7 Å². The fraction of sp³-hybridized carbons (Fsp3) is 0.0588. The van der Waals surface area contributed by atoms with Crippen LogP contribution < -0.4 is 10.6 Å². The zero-order chi connectivity index (χ0) is 18.7. The molecule has 0 saturated heterocycles. The Hall–Kier alpha value is -2.87. The minimum absolute atomic E-state index is 0.0282. The van der Waals surface area contributed by atoms with Crippen LogP contribution in [-0.2, 0) is 6.18 Å². The van der Waals surface area contributed by atoms with Crippen LogP contribution in [0.1, 0.15) is 5.56 Å². The van der Waals surface area contributed by atoms with Gasteiger partial charge in [-0.25, -0.2) is 9.37 Å². The fourth-order valence-corrected chi connectivity index (χ4v) is 2.25. The molecule has 3 rings (SSSR count). The molecule has 1 heterocycles. The van der Waals surface area contributed by atoms with Gasteiger partial charge in [0, 0.05) is 11.9 Å². The van der Waals surface area contributed by atoms with E-state index < -0.39 is 11.7 Å². The molecule has 0 atom stereocenters. The molecule has 26 heavy (non-hydrogen) atoms. The third-order valence-corrected chi connectivity index (χ3v) is 3.64. The number of alkyl halides is 3. The molecule has 0 amide bonds. The monoisotopic (exact) mass is 382 g/mol. The van der Waals surface area contributed by atoms with E-state index in [9.17, 15) is 17.6 Å². The lowest BCUT2D eigenvalue weighted by Gasteiger charge is -2.12. The topological polar surface area (TPSA) is 49.8 Å². The van der Waals surface area contributed by atoms with E-state index in [-0.39, 0.29) is 22.5 Å². The van der Waals surface area contributed by atoms with Gasteiger partial charge in [0.1, 0.15) is 11.6 Å². The summed E-state index contributed by atoms with van der Waals surface area (Å²) in [5.41, 5.74) is -0.224. The second-order valence-corrected chi connectivity index (χ2v) is 5.62. The maximum Gasteiger partial charge on any atom is 0.416 e. The molecule has 0 aliphatic carbocycles. The molecule has 0 aliphatic rings. The highest BCUT2D eigenvalue weighted by atomic mass is 35.5. The molecule has 0 unspecified atom stereocenters. The highest BCUT2D eigenvalue weighted by molar-refractivity contribution is 6.33. The molecule has 0 fully saturated rings. The summed E-state index contributed by atoms with van der Waals surface area (Å²) in [5, 5.41) is 5.70. The van der Waals surface area contributed by atoms with Crippen LogP contribution in [0.3, 0.4) is 0 Å². The van der Waals surface area contributed by atoms with Crippen LogP contribution in [0.25, 0.3) is 0 Å². The normalized spacial score (nSPS) is 11.3. The first-order valence-corrected chi connectivity index (χ1v) is 7.68. The van der Waals surface area contributed by atoms with Crippen LogP contribution in [0.2, 0.25) is 5.02 Å². The maximum atomic E-state index is 12.9. The van der Waals surface area contributed by atoms with Gasteiger partial charge in [0.05, 0.1) is 16.3 Å². The predicted molar refractivity (Wildman–Crippen MR) is 91.5 cm³/mol. The van der Waals surface area contributed by atoms with Crippen LogP contribution in [0.4, 0.5) is 40.7 Å². The number of aromatic nitrogens is 2. The Morgan fingerprint density at radius 3 is 2.35 bits per heavy atom. The van der Waals surface area contributed by atoms with Gasteiger partial charge in [-0.15, -0.1) is 0 Å². The SMILES string of the molecule is Fc1ccc(Nc2ccnc(Nc3cc(C(F)(F)F)ccc3Cl)n2)cc1. The highest BCUT2D eigenvalue weighted by Crippen LogP contribution is 2.34. The van der Waals surface area contributed by atoms with E-state index in [1.807, 2.05) is 0 Å². The molecular formula is C17H11ClF4N4. The van der Waals surface area contributed by atoms with Gasteiger partial charge in [0.2, 0.25) is 5.95 Å². The first-order chi connectivity index (χ1) is 12.3. The van der Waals surface area contributed by atoms with E-state index in [0.717, 1.165) is 18.2 Å². The van der Waals surface area contributed by atoms with Crippen LogP contribution >= 0.6 is 11.6 Å². The predicted octanol–water partition coefficient (Wildman–Crippen LogP) is 5.78. The summed E-state index contributed by atoms with van der Waals surface area (Å²) >= 11 is 5.94. The number of anilines is 4. The summed E-state index contributed by atoms with van der Waals surface area (Å²) < 4.78 is 51.4. The van der Waals surface area contributed by atoms with Crippen molar-refractivity contribution in [2.24, 2.45) is 0 Å². The highest BCUT2D eigenvalue weighted by Gasteiger charge is 2.31. The van der Waals surface area contributed by atoms with E-state index in [0.29, 0.717) is 11.5 Å². The molecule has 0 saturated carbocycles. The molecule has 9 heteroatoms. The quantitative estimate of drug-likeness (QED) is 0.562. The average Bonchev–Trinajstić information content (AvgIpc) is 2.58. The van der Waals surface area contributed by atoms with Crippen molar-refractivity contribution in [2.75, 3.05) is 10.6 Å². The van der Waals surface area contributed by atoms with E-state index in [2.05, 4.69) is 20.6 Å². The molecule has 0 radical (unpaired) electrons. The van der Waals surface area contributed by atoms with E-state index >= 15 is 0 Å². The maximum absolute atomic E-state index is 12.9. The summed E-state index contributed by atoms with van der Waals surface area (Å²) in [6.45, 7) is 0. The Morgan fingerprint density at radius 1 is 0.923 bits per heavy atom. The van der Waals surface area contributed by atoms with E-state index in [1.54, 1.807) is 6.07 Å². The molecule has 0 spiro atoms. The molecule has 2 N–H and O–H groups in total. The lowest BCUT2D eigenvalue weighted by atomic mass is 10.2. The van der Waals surface area contributed by atoms with Gasteiger partial charge in [-0.3, -0.25) is 0 Å². The van der Waals surface area contributed by atoms with E-state index in [4.69, 9.17) is 11.6 Å². The number of nitrogens with one attached hydrogen (secondary N) is 2. The zero-order valence-corrected chi connectivity index (χ0v) is 13.7. The molecule has 2 aromatic carbocycles. The fourth-order valence-electron chi connectivity index (χ4n) is 2.09. The zero-order valence-electron chi connectivity index (χ0n) is 13.0. The molecule has 1 aromatic heterocycles. The number of rotatable bonds is 4. The van der Waals surface area contributed by atoms with Gasteiger partial charge < -0.3 is 10.6 Å². The first kappa shape index (κ1) is 17.9. The summed E-state index contributed by atoms with van der Waals surface area (Å²) in [4.78, 5) is 8.11. The van der Waals surface area contributed by atoms with Crippen molar-refractivity contribution in [1.82, 2.24) is 9.97 Å².